The number of carbonyl (C=O) groups is 3. The first-order valence-electron chi connectivity index (χ1n) is 8.37. The minimum absolute atomic E-state index is 0.332. The van der Waals surface area contributed by atoms with Gasteiger partial charge < -0.3 is 15.2 Å². The topological polar surface area (TPSA) is 111 Å². The molecule has 1 aliphatic carbocycles. The van der Waals surface area contributed by atoms with E-state index < -0.39 is 17.8 Å². The molecule has 1 aromatic heterocycles. The smallest absolute Gasteiger partial charge is 0.257 e. The molecular formula is C18H18N3O4S-. The van der Waals surface area contributed by atoms with E-state index in [4.69, 9.17) is 0 Å². The Kier molecular flexibility index (Phi) is 5.62. The van der Waals surface area contributed by atoms with Crippen LogP contribution in [0.4, 0.5) is 10.8 Å². The van der Waals surface area contributed by atoms with Crippen molar-refractivity contribution in [3.05, 3.63) is 41.4 Å². The van der Waals surface area contributed by atoms with Gasteiger partial charge in [0, 0.05) is 40.6 Å². The molecule has 2 amide bonds. The summed E-state index contributed by atoms with van der Waals surface area (Å²) < 4.78 is 0. The summed E-state index contributed by atoms with van der Waals surface area (Å²) in [7, 11) is 0. The lowest BCUT2D eigenvalue weighted by atomic mass is 9.78. The standard InChI is InChI=1S/C18H19N3O4S/c22-15(21-18-19-8-9-26-18)11-4-3-5-12(10-11)20-16(23)13-6-1-2-7-14(13)17(24)25/h3-5,8-10,13-14H,1-2,6-7H2,(H,20,23)(H,24,25)(H,19,21,22)/p-1/t13-,14-/m1/s1. The minimum Gasteiger partial charge on any atom is -0.550 e. The second-order valence-electron chi connectivity index (χ2n) is 6.18. The van der Waals surface area contributed by atoms with Crippen molar-refractivity contribution in [2.45, 2.75) is 25.7 Å². The molecule has 7 nitrogen and oxygen atoms in total. The summed E-state index contributed by atoms with van der Waals surface area (Å²) in [5.74, 6) is -3.24. The quantitative estimate of drug-likeness (QED) is 0.832. The predicted octanol–water partition coefficient (Wildman–Crippen LogP) is 1.89. The van der Waals surface area contributed by atoms with Crippen molar-refractivity contribution < 1.29 is 19.5 Å². The lowest BCUT2D eigenvalue weighted by Crippen LogP contribution is -2.42. The molecule has 0 bridgehead atoms. The van der Waals surface area contributed by atoms with Gasteiger partial charge >= 0.3 is 0 Å². The van der Waals surface area contributed by atoms with Crippen LogP contribution in [-0.2, 0) is 9.59 Å². The molecule has 0 radical (unpaired) electrons. The Labute approximate surface area is 154 Å². The van der Waals surface area contributed by atoms with Gasteiger partial charge in [0.25, 0.3) is 5.91 Å². The lowest BCUT2D eigenvalue weighted by molar-refractivity contribution is -0.313. The van der Waals surface area contributed by atoms with Crippen LogP contribution in [0.1, 0.15) is 36.0 Å². The number of thiazole rings is 1. The van der Waals surface area contributed by atoms with Gasteiger partial charge in [-0.15, -0.1) is 11.3 Å². The van der Waals surface area contributed by atoms with E-state index in [0.29, 0.717) is 29.2 Å². The van der Waals surface area contributed by atoms with Crippen molar-refractivity contribution in [1.82, 2.24) is 4.98 Å². The Morgan fingerprint density at radius 2 is 1.88 bits per heavy atom. The Balaban J connectivity index is 1.68. The third-order valence-electron chi connectivity index (χ3n) is 4.45. The number of carboxylic acid groups (broad SMARTS) is 1. The highest BCUT2D eigenvalue weighted by Crippen LogP contribution is 2.30. The van der Waals surface area contributed by atoms with Crippen molar-refractivity contribution in [2.24, 2.45) is 11.8 Å². The zero-order chi connectivity index (χ0) is 18.5. The summed E-state index contributed by atoms with van der Waals surface area (Å²) in [5.41, 5.74) is 0.822. The van der Waals surface area contributed by atoms with Crippen molar-refractivity contribution in [1.29, 1.82) is 0 Å². The maximum absolute atomic E-state index is 12.5. The Hall–Kier alpha value is -2.74. The molecule has 136 valence electrons. The Morgan fingerprint density at radius 1 is 1.12 bits per heavy atom. The van der Waals surface area contributed by atoms with Gasteiger partial charge in [0.15, 0.2) is 5.13 Å². The molecule has 0 aliphatic heterocycles. The van der Waals surface area contributed by atoms with Crippen LogP contribution in [0.25, 0.3) is 0 Å². The van der Waals surface area contributed by atoms with Crippen LogP contribution in [0, 0.1) is 11.8 Å². The number of rotatable bonds is 5. The minimum atomic E-state index is -1.18. The first kappa shape index (κ1) is 18.1. The van der Waals surface area contributed by atoms with E-state index in [-0.39, 0.29) is 11.8 Å². The monoisotopic (exact) mass is 372 g/mol. The van der Waals surface area contributed by atoms with Crippen molar-refractivity contribution >= 4 is 39.9 Å². The fourth-order valence-electron chi connectivity index (χ4n) is 3.15. The third-order valence-corrected chi connectivity index (χ3v) is 5.14. The van der Waals surface area contributed by atoms with Crippen LogP contribution in [-0.4, -0.2) is 22.8 Å². The van der Waals surface area contributed by atoms with Gasteiger partial charge in [-0.25, -0.2) is 4.98 Å². The van der Waals surface area contributed by atoms with Crippen LogP contribution >= 0.6 is 11.3 Å². The van der Waals surface area contributed by atoms with Crippen LogP contribution in [0.5, 0.6) is 0 Å². The van der Waals surface area contributed by atoms with E-state index in [1.807, 2.05) is 0 Å². The largest absolute Gasteiger partial charge is 0.550 e. The average Bonchev–Trinajstić information content (AvgIpc) is 3.15. The summed E-state index contributed by atoms with van der Waals surface area (Å²) >= 11 is 1.31. The van der Waals surface area contributed by atoms with Gasteiger partial charge in [-0.05, 0) is 31.0 Å². The number of nitrogens with zero attached hydrogens (tertiary/aromatic N) is 1. The molecule has 1 fully saturated rings. The fourth-order valence-corrected chi connectivity index (χ4v) is 3.68. The van der Waals surface area contributed by atoms with E-state index in [0.717, 1.165) is 12.8 Å². The number of aromatic nitrogens is 1. The van der Waals surface area contributed by atoms with E-state index in [1.54, 1.807) is 35.8 Å². The zero-order valence-electron chi connectivity index (χ0n) is 13.9. The van der Waals surface area contributed by atoms with Crippen molar-refractivity contribution in [2.75, 3.05) is 10.6 Å². The molecule has 0 unspecified atom stereocenters. The number of carboxylic acids is 1. The second kappa shape index (κ2) is 8.09. The molecule has 1 saturated carbocycles. The van der Waals surface area contributed by atoms with E-state index in [2.05, 4.69) is 15.6 Å². The molecule has 1 aromatic carbocycles. The number of anilines is 2. The van der Waals surface area contributed by atoms with E-state index >= 15 is 0 Å². The first-order valence-corrected chi connectivity index (χ1v) is 9.25. The number of aliphatic carboxylic acids is 1. The number of amides is 2. The highest BCUT2D eigenvalue weighted by atomic mass is 32.1. The van der Waals surface area contributed by atoms with Crippen molar-refractivity contribution in [3.8, 4) is 0 Å². The third kappa shape index (κ3) is 4.26. The molecule has 0 saturated heterocycles. The number of nitrogens with one attached hydrogen (secondary N) is 2. The first-order chi connectivity index (χ1) is 12.5. The molecule has 3 rings (SSSR count). The maximum atomic E-state index is 12.5. The molecule has 1 heterocycles. The molecule has 2 N–H and O–H groups in total. The van der Waals surface area contributed by atoms with Gasteiger partial charge in [-0.1, -0.05) is 18.9 Å². The number of hydrogen-bond acceptors (Lipinski definition) is 6. The maximum Gasteiger partial charge on any atom is 0.257 e. The zero-order valence-corrected chi connectivity index (χ0v) is 14.8. The predicted molar refractivity (Wildman–Crippen MR) is 95.6 cm³/mol. The molecule has 2 atom stereocenters. The van der Waals surface area contributed by atoms with Gasteiger partial charge in [-0.2, -0.15) is 0 Å². The number of benzene rings is 1. The summed E-state index contributed by atoms with van der Waals surface area (Å²) in [4.78, 5) is 40.0. The number of hydrogen-bond donors (Lipinski definition) is 2. The molecular weight excluding hydrogens is 354 g/mol. The number of carbonyl (C=O) groups excluding carboxylic acids is 3. The highest BCUT2D eigenvalue weighted by molar-refractivity contribution is 7.13. The van der Waals surface area contributed by atoms with Crippen LogP contribution in [0.15, 0.2) is 35.8 Å². The molecule has 1 aliphatic rings. The molecule has 8 heteroatoms. The van der Waals surface area contributed by atoms with Gasteiger partial charge in [0.1, 0.15) is 0 Å². The molecule has 26 heavy (non-hydrogen) atoms. The Bertz CT molecular complexity index is 807. The summed E-state index contributed by atoms with van der Waals surface area (Å²) in [6.45, 7) is 0. The van der Waals surface area contributed by atoms with Crippen LogP contribution < -0.4 is 15.7 Å². The summed E-state index contributed by atoms with van der Waals surface area (Å²) in [6, 6.07) is 6.50. The molecule has 0 spiro atoms. The summed E-state index contributed by atoms with van der Waals surface area (Å²) in [5, 5.41) is 18.9. The van der Waals surface area contributed by atoms with Gasteiger partial charge in [0.2, 0.25) is 5.91 Å². The van der Waals surface area contributed by atoms with E-state index in [1.165, 1.54) is 11.3 Å². The molecule has 2 aromatic rings. The highest BCUT2D eigenvalue weighted by Gasteiger charge is 2.31. The van der Waals surface area contributed by atoms with Gasteiger partial charge in [0.05, 0.1) is 0 Å². The Morgan fingerprint density at radius 3 is 2.58 bits per heavy atom. The average molecular weight is 372 g/mol. The summed E-state index contributed by atoms with van der Waals surface area (Å²) in [6.07, 6.45) is 4.17. The van der Waals surface area contributed by atoms with Crippen LogP contribution in [0.3, 0.4) is 0 Å². The lowest BCUT2D eigenvalue weighted by Gasteiger charge is -2.31. The van der Waals surface area contributed by atoms with Crippen LogP contribution in [0.2, 0.25) is 0 Å². The van der Waals surface area contributed by atoms with E-state index in [9.17, 15) is 19.5 Å². The SMILES string of the molecule is O=C(Nc1nccs1)c1cccc(NC(=O)[C@@H]2CCCC[C@H]2C(=O)[O-])c1. The normalized spacial score (nSPS) is 19.5. The second-order valence-corrected chi connectivity index (χ2v) is 7.07. The van der Waals surface area contributed by atoms with Crippen molar-refractivity contribution in [3.63, 3.8) is 0 Å². The van der Waals surface area contributed by atoms with Gasteiger partial charge in [-0.3, -0.25) is 14.9 Å². The fraction of sp³-hybridized carbons (Fsp3) is 0.333.